The fraction of sp³-hybridized carbons (Fsp3) is 0.364. The van der Waals surface area contributed by atoms with Crippen LogP contribution in [0.2, 0.25) is 0 Å². The van der Waals surface area contributed by atoms with Crippen molar-refractivity contribution < 1.29 is 19.0 Å². The SMILES string of the molecule is COc1cc(C(C)NC(=O)C(C)Oc2ccccc2C#N)ccc1OC(C)C. The number of benzene rings is 2. The number of carbonyl (C=O) groups excluding carboxylic acids is 1. The Morgan fingerprint density at radius 2 is 1.71 bits per heavy atom. The molecule has 2 unspecified atom stereocenters. The van der Waals surface area contributed by atoms with Gasteiger partial charge in [0.2, 0.25) is 0 Å². The van der Waals surface area contributed by atoms with Gasteiger partial charge in [-0.15, -0.1) is 0 Å². The second-order valence-corrected chi connectivity index (χ2v) is 6.68. The first-order chi connectivity index (χ1) is 13.3. The van der Waals surface area contributed by atoms with Crippen molar-refractivity contribution in [2.75, 3.05) is 7.11 Å². The molecule has 0 fully saturated rings. The van der Waals surface area contributed by atoms with Gasteiger partial charge in [0.1, 0.15) is 11.8 Å². The van der Waals surface area contributed by atoms with E-state index in [1.54, 1.807) is 38.3 Å². The highest BCUT2D eigenvalue weighted by atomic mass is 16.5. The number of nitrogens with zero attached hydrogens (tertiary/aromatic N) is 1. The highest BCUT2D eigenvalue weighted by Gasteiger charge is 2.20. The Bertz CT molecular complexity index is 858. The highest BCUT2D eigenvalue weighted by molar-refractivity contribution is 5.81. The average molecular weight is 382 g/mol. The van der Waals surface area contributed by atoms with Crippen LogP contribution in [0.4, 0.5) is 0 Å². The summed E-state index contributed by atoms with van der Waals surface area (Å²) in [6.45, 7) is 7.42. The molecule has 1 amide bonds. The second-order valence-electron chi connectivity index (χ2n) is 6.68. The summed E-state index contributed by atoms with van der Waals surface area (Å²) in [6.07, 6.45) is -0.714. The topological polar surface area (TPSA) is 80.6 Å². The molecule has 1 N–H and O–H groups in total. The van der Waals surface area contributed by atoms with Crippen molar-refractivity contribution in [2.24, 2.45) is 0 Å². The molecule has 0 saturated carbocycles. The van der Waals surface area contributed by atoms with Crippen LogP contribution in [0.15, 0.2) is 42.5 Å². The Morgan fingerprint density at radius 3 is 2.36 bits per heavy atom. The molecule has 28 heavy (non-hydrogen) atoms. The van der Waals surface area contributed by atoms with Crippen LogP contribution in [0, 0.1) is 11.3 Å². The van der Waals surface area contributed by atoms with Gasteiger partial charge >= 0.3 is 0 Å². The summed E-state index contributed by atoms with van der Waals surface area (Å²) >= 11 is 0. The lowest BCUT2D eigenvalue weighted by Crippen LogP contribution is -2.37. The van der Waals surface area contributed by atoms with Gasteiger partial charge < -0.3 is 19.5 Å². The standard InChI is InChI=1S/C22H26N2O4/c1-14(2)27-20-11-10-17(12-21(20)26-5)15(3)24-22(25)16(4)28-19-9-7-6-8-18(19)13-23/h6-12,14-16H,1-5H3,(H,24,25). The number of carbonyl (C=O) groups is 1. The summed E-state index contributed by atoms with van der Waals surface area (Å²) in [4.78, 5) is 12.5. The molecule has 0 heterocycles. The van der Waals surface area contributed by atoms with Crippen LogP contribution in [0.25, 0.3) is 0 Å². The van der Waals surface area contributed by atoms with Crippen LogP contribution >= 0.6 is 0 Å². The zero-order valence-corrected chi connectivity index (χ0v) is 16.9. The van der Waals surface area contributed by atoms with Gasteiger partial charge in [-0.3, -0.25) is 4.79 Å². The van der Waals surface area contributed by atoms with E-state index >= 15 is 0 Å². The van der Waals surface area contributed by atoms with E-state index < -0.39 is 6.10 Å². The lowest BCUT2D eigenvalue weighted by molar-refractivity contribution is -0.127. The van der Waals surface area contributed by atoms with Crippen LogP contribution in [-0.2, 0) is 4.79 Å². The molecule has 0 aliphatic heterocycles. The minimum absolute atomic E-state index is 0.0335. The Balaban J connectivity index is 2.06. The largest absolute Gasteiger partial charge is 0.493 e. The molecule has 0 bridgehead atoms. The van der Waals surface area contributed by atoms with Crippen LogP contribution in [-0.4, -0.2) is 25.2 Å². The van der Waals surface area contributed by atoms with Gasteiger partial charge in [0.05, 0.1) is 24.8 Å². The van der Waals surface area contributed by atoms with Crippen molar-refractivity contribution in [1.29, 1.82) is 5.26 Å². The van der Waals surface area contributed by atoms with Crippen LogP contribution in [0.1, 0.15) is 44.9 Å². The zero-order valence-electron chi connectivity index (χ0n) is 16.9. The normalized spacial score (nSPS) is 12.6. The molecule has 2 aromatic carbocycles. The van der Waals surface area contributed by atoms with Crippen molar-refractivity contribution in [3.63, 3.8) is 0 Å². The lowest BCUT2D eigenvalue weighted by Gasteiger charge is -2.21. The number of methoxy groups -OCH3 is 1. The third kappa shape index (κ3) is 5.40. The smallest absolute Gasteiger partial charge is 0.261 e. The molecule has 0 spiro atoms. The fourth-order valence-electron chi connectivity index (χ4n) is 2.62. The lowest BCUT2D eigenvalue weighted by atomic mass is 10.1. The van der Waals surface area contributed by atoms with E-state index in [-0.39, 0.29) is 18.1 Å². The predicted octanol–water partition coefficient (Wildman–Crippen LogP) is 4.00. The van der Waals surface area contributed by atoms with E-state index in [1.807, 2.05) is 39.0 Å². The molecule has 2 atom stereocenters. The second kappa shape index (κ2) is 9.65. The first kappa shape index (κ1) is 21.1. The molecule has 0 radical (unpaired) electrons. The number of hydrogen-bond acceptors (Lipinski definition) is 5. The summed E-state index contributed by atoms with van der Waals surface area (Å²) in [6, 6.07) is 14.2. The highest BCUT2D eigenvalue weighted by Crippen LogP contribution is 2.31. The molecule has 0 aliphatic rings. The first-order valence-corrected chi connectivity index (χ1v) is 9.16. The molecular weight excluding hydrogens is 356 g/mol. The average Bonchev–Trinajstić information content (AvgIpc) is 2.68. The van der Waals surface area contributed by atoms with Gasteiger partial charge in [-0.2, -0.15) is 5.26 Å². The minimum Gasteiger partial charge on any atom is -0.493 e. The number of amides is 1. The van der Waals surface area contributed by atoms with Crippen LogP contribution < -0.4 is 19.5 Å². The number of ether oxygens (including phenoxy) is 3. The predicted molar refractivity (Wildman–Crippen MR) is 107 cm³/mol. The van der Waals surface area contributed by atoms with Crippen LogP contribution in [0.5, 0.6) is 17.2 Å². The van der Waals surface area contributed by atoms with Crippen molar-refractivity contribution in [3.8, 4) is 23.3 Å². The molecule has 148 valence electrons. The quantitative estimate of drug-likeness (QED) is 0.746. The fourth-order valence-corrected chi connectivity index (χ4v) is 2.62. The van der Waals surface area contributed by atoms with Gasteiger partial charge in [-0.25, -0.2) is 0 Å². The van der Waals surface area contributed by atoms with E-state index in [1.165, 1.54) is 0 Å². The number of hydrogen-bond donors (Lipinski definition) is 1. The summed E-state index contributed by atoms with van der Waals surface area (Å²) in [7, 11) is 1.58. The molecule has 0 saturated heterocycles. The Hall–Kier alpha value is -3.20. The van der Waals surface area contributed by atoms with Crippen molar-refractivity contribution >= 4 is 5.91 Å². The molecule has 2 aromatic rings. The number of rotatable bonds is 8. The van der Waals surface area contributed by atoms with E-state index in [9.17, 15) is 4.79 Å². The van der Waals surface area contributed by atoms with Crippen molar-refractivity contribution in [3.05, 3.63) is 53.6 Å². The van der Waals surface area contributed by atoms with Crippen molar-refractivity contribution in [2.45, 2.75) is 45.9 Å². The minimum atomic E-state index is -0.748. The zero-order chi connectivity index (χ0) is 20.7. The van der Waals surface area contributed by atoms with Gasteiger partial charge in [-0.05, 0) is 57.5 Å². The molecule has 2 rings (SSSR count). The van der Waals surface area contributed by atoms with Crippen LogP contribution in [0.3, 0.4) is 0 Å². The molecule has 6 heteroatoms. The monoisotopic (exact) mass is 382 g/mol. The van der Waals surface area contributed by atoms with E-state index in [4.69, 9.17) is 19.5 Å². The Morgan fingerprint density at radius 1 is 1.00 bits per heavy atom. The number of nitriles is 1. The maximum Gasteiger partial charge on any atom is 0.261 e. The van der Waals surface area contributed by atoms with E-state index in [2.05, 4.69) is 11.4 Å². The summed E-state index contributed by atoms with van der Waals surface area (Å²) in [5.74, 6) is 1.38. The van der Waals surface area contributed by atoms with Gasteiger partial charge in [0.15, 0.2) is 17.6 Å². The Kier molecular flexibility index (Phi) is 7.28. The summed E-state index contributed by atoms with van der Waals surface area (Å²) in [5, 5.41) is 12.1. The third-order valence-corrected chi connectivity index (χ3v) is 4.09. The molecule has 0 aliphatic carbocycles. The van der Waals surface area contributed by atoms with Crippen molar-refractivity contribution in [1.82, 2.24) is 5.32 Å². The number of para-hydroxylation sites is 1. The third-order valence-electron chi connectivity index (χ3n) is 4.09. The maximum atomic E-state index is 12.5. The van der Waals surface area contributed by atoms with E-state index in [0.29, 0.717) is 22.8 Å². The van der Waals surface area contributed by atoms with Gasteiger partial charge in [0.25, 0.3) is 5.91 Å². The molecular formula is C22H26N2O4. The number of nitrogens with one attached hydrogen (secondary N) is 1. The van der Waals surface area contributed by atoms with E-state index in [0.717, 1.165) is 5.56 Å². The van der Waals surface area contributed by atoms with Gasteiger partial charge in [0, 0.05) is 0 Å². The summed E-state index contributed by atoms with van der Waals surface area (Å²) in [5.41, 5.74) is 1.27. The molecule has 6 nitrogen and oxygen atoms in total. The first-order valence-electron chi connectivity index (χ1n) is 9.16. The van der Waals surface area contributed by atoms with Gasteiger partial charge in [-0.1, -0.05) is 18.2 Å². The maximum absolute atomic E-state index is 12.5. The summed E-state index contributed by atoms with van der Waals surface area (Å²) < 4.78 is 16.8. The molecule has 0 aromatic heterocycles. The Labute approximate surface area is 166 Å².